The van der Waals surface area contributed by atoms with Crippen molar-refractivity contribution in [3.8, 4) is 0 Å². The van der Waals surface area contributed by atoms with Crippen LogP contribution in [0.2, 0.25) is 0 Å². The Hall–Kier alpha value is -4.45. The Morgan fingerprint density at radius 1 is 0.300 bits per heavy atom. The maximum absolute atomic E-state index is 12.8. The van der Waals surface area contributed by atoms with Crippen LogP contribution in [-0.2, 0) is 28.6 Å². The van der Waals surface area contributed by atoms with Crippen molar-refractivity contribution in [2.75, 3.05) is 13.2 Å². The van der Waals surface area contributed by atoms with Gasteiger partial charge in [0, 0.05) is 19.3 Å². The number of allylic oxidation sites excluding steroid dienone is 22. The van der Waals surface area contributed by atoms with Crippen molar-refractivity contribution < 1.29 is 28.6 Å². The fraction of sp³-hybridized carbons (Fsp3) is 0.609. The zero-order valence-electron chi connectivity index (χ0n) is 45.0. The summed E-state index contributed by atoms with van der Waals surface area (Å²) in [5.74, 6) is -0.974. The minimum Gasteiger partial charge on any atom is -0.462 e. The monoisotopic (exact) mass is 967 g/mol. The fourth-order valence-corrected chi connectivity index (χ4v) is 7.12. The van der Waals surface area contributed by atoms with E-state index in [2.05, 4.69) is 154 Å². The van der Waals surface area contributed by atoms with Gasteiger partial charge in [-0.1, -0.05) is 219 Å². The molecule has 70 heavy (non-hydrogen) atoms. The van der Waals surface area contributed by atoms with Crippen LogP contribution in [0.5, 0.6) is 0 Å². The minimum atomic E-state index is -0.810. The quantitative estimate of drug-likeness (QED) is 0.0262. The summed E-state index contributed by atoms with van der Waals surface area (Å²) in [6.45, 7) is 6.35. The smallest absolute Gasteiger partial charge is 0.306 e. The van der Waals surface area contributed by atoms with Gasteiger partial charge in [0.15, 0.2) is 6.10 Å². The number of esters is 3. The molecule has 1 unspecified atom stereocenters. The van der Waals surface area contributed by atoms with E-state index in [0.29, 0.717) is 19.3 Å². The number of hydrogen-bond donors (Lipinski definition) is 0. The van der Waals surface area contributed by atoms with Crippen molar-refractivity contribution >= 4 is 17.9 Å². The van der Waals surface area contributed by atoms with E-state index in [1.54, 1.807) is 0 Å². The van der Waals surface area contributed by atoms with Crippen molar-refractivity contribution in [3.05, 3.63) is 134 Å². The summed E-state index contributed by atoms with van der Waals surface area (Å²) in [5, 5.41) is 0. The van der Waals surface area contributed by atoms with Crippen LogP contribution in [0.25, 0.3) is 0 Å². The number of rotatable bonds is 49. The molecule has 1 atom stereocenters. The third-order valence-corrected chi connectivity index (χ3v) is 11.3. The Bertz CT molecular complexity index is 1530. The summed E-state index contributed by atoms with van der Waals surface area (Å²) in [4.78, 5) is 38.1. The van der Waals surface area contributed by atoms with Crippen molar-refractivity contribution in [1.29, 1.82) is 0 Å². The lowest BCUT2D eigenvalue weighted by atomic mass is 10.1. The summed E-state index contributed by atoms with van der Waals surface area (Å²) < 4.78 is 16.8. The van der Waals surface area contributed by atoms with E-state index >= 15 is 0 Å². The molecule has 0 saturated carbocycles. The molecular formula is C64H102O6. The fourth-order valence-electron chi connectivity index (χ4n) is 7.12. The van der Waals surface area contributed by atoms with Crippen LogP contribution in [0.3, 0.4) is 0 Å². The molecule has 0 spiro atoms. The number of unbranched alkanes of at least 4 members (excludes halogenated alkanes) is 16. The third kappa shape index (κ3) is 54.5. The van der Waals surface area contributed by atoms with Crippen LogP contribution in [-0.4, -0.2) is 37.2 Å². The molecule has 0 aromatic carbocycles. The van der Waals surface area contributed by atoms with Crippen LogP contribution < -0.4 is 0 Å². The van der Waals surface area contributed by atoms with Gasteiger partial charge < -0.3 is 14.2 Å². The first-order valence-corrected chi connectivity index (χ1v) is 28.2. The predicted molar refractivity (Wildman–Crippen MR) is 302 cm³/mol. The van der Waals surface area contributed by atoms with Gasteiger partial charge in [0.25, 0.3) is 0 Å². The number of hydrogen-bond acceptors (Lipinski definition) is 6. The molecule has 0 aromatic rings. The van der Waals surface area contributed by atoms with Gasteiger partial charge in [0.2, 0.25) is 0 Å². The lowest BCUT2D eigenvalue weighted by molar-refractivity contribution is -0.167. The topological polar surface area (TPSA) is 78.9 Å². The zero-order chi connectivity index (χ0) is 50.7. The number of ether oxygens (including phenoxy) is 3. The molecule has 0 saturated heterocycles. The molecule has 0 aromatic heterocycles. The van der Waals surface area contributed by atoms with Gasteiger partial charge in [-0.2, -0.15) is 0 Å². The highest BCUT2D eigenvalue weighted by molar-refractivity contribution is 5.71. The first-order chi connectivity index (χ1) is 34.5. The highest BCUT2D eigenvalue weighted by Crippen LogP contribution is 2.13. The van der Waals surface area contributed by atoms with Crippen LogP contribution in [0.15, 0.2) is 134 Å². The largest absolute Gasteiger partial charge is 0.462 e. The Kier molecular flexibility index (Phi) is 53.5. The molecular weight excluding hydrogens is 865 g/mol. The highest BCUT2D eigenvalue weighted by atomic mass is 16.6. The summed E-state index contributed by atoms with van der Waals surface area (Å²) in [6, 6.07) is 0. The lowest BCUT2D eigenvalue weighted by Gasteiger charge is -2.18. The zero-order valence-corrected chi connectivity index (χ0v) is 45.0. The molecule has 0 rings (SSSR count). The maximum Gasteiger partial charge on any atom is 0.306 e. The standard InChI is InChI=1S/C64H102O6/c1-4-7-10-13-16-19-22-25-27-28-29-30-31-32-33-34-35-36-37-40-42-45-48-51-54-57-63(66)69-60-61(59-68-62(65)56-53-50-47-44-41-38-24-21-18-15-12-9-6-3)70-64(67)58-55-52-49-46-43-39-26-23-20-17-14-11-8-5-2/h7,10,12,14-17,19,21,23-27,29-30,32-33,35-36,40,42,61H,4-6,8-9,11,13,18,20,22,28,31,34,37-39,41,43-60H2,1-3H3/b10-7-,15-12-,17-14-,19-16-,24-21-,26-23-,27-25-,30-29-,33-32-,36-35-,42-40-. The first-order valence-electron chi connectivity index (χ1n) is 28.2. The second kappa shape index (κ2) is 57.1. The molecule has 0 bridgehead atoms. The van der Waals surface area contributed by atoms with Gasteiger partial charge in [-0.15, -0.1) is 0 Å². The first kappa shape index (κ1) is 65.5. The second-order valence-corrected chi connectivity index (χ2v) is 18.1. The Labute approximate surface area is 430 Å². The molecule has 6 nitrogen and oxygen atoms in total. The van der Waals surface area contributed by atoms with Gasteiger partial charge in [0.1, 0.15) is 13.2 Å². The Balaban J connectivity index is 4.45. The normalized spacial score (nSPS) is 13.1. The van der Waals surface area contributed by atoms with Crippen LogP contribution >= 0.6 is 0 Å². The SMILES string of the molecule is CC/C=C\C/C=C\C/C=C\C/C=C\C/C=C\C/C=C\C/C=C\CCCCCC(=O)OCC(COC(=O)CCCCCCC/C=C\C/C=C\CCC)OC(=O)CCCCCCC/C=C\C/C=C\CCCC. The molecule has 0 N–H and O–H groups in total. The van der Waals surface area contributed by atoms with Crippen LogP contribution in [0.1, 0.15) is 233 Å². The molecule has 0 aliphatic rings. The van der Waals surface area contributed by atoms with Gasteiger partial charge in [-0.3, -0.25) is 14.4 Å². The van der Waals surface area contributed by atoms with E-state index in [0.717, 1.165) is 167 Å². The number of carbonyl (C=O) groups excluding carboxylic acids is 3. The number of carbonyl (C=O) groups is 3. The maximum atomic E-state index is 12.8. The Morgan fingerprint density at radius 3 is 0.943 bits per heavy atom. The average Bonchev–Trinajstić information content (AvgIpc) is 3.36. The summed E-state index contributed by atoms with van der Waals surface area (Å²) in [7, 11) is 0. The van der Waals surface area contributed by atoms with E-state index in [9.17, 15) is 14.4 Å². The second-order valence-electron chi connectivity index (χ2n) is 18.1. The van der Waals surface area contributed by atoms with E-state index in [1.807, 2.05) is 0 Å². The molecule has 0 amide bonds. The van der Waals surface area contributed by atoms with Crippen LogP contribution in [0.4, 0.5) is 0 Å². The van der Waals surface area contributed by atoms with E-state index in [-0.39, 0.29) is 31.1 Å². The third-order valence-electron chi connectivity index (χ3n) is 11.3. The van der Waals surface area contributed by atoms with E-state index in [1.165, 1.54) is 25.7 Å². The Morgan fingerprint density at radius 2 is 0.586 bits per heavy atom. The molecule has 0 heterocycles. The van der Waals surface area contributed by atoms with Crippen molar-refractivity contribution in [1.82, 2.24) is 0 Å². The van der Waals surface area contributed by atoms with Gasteiger partial charge >= 0.3 is 17.9 Å². The molecule has 0 fully saturated rings. The lowest BCUT2D eigenvalue weighted by Crippen LogP contribution is -2.30. The average molecular weight is 968 g/mol. The highest BCUT2D eigenvalue weighted by Gasteiger charge is 2.19. The van der Waals surface area contributed by atoms with Gasteiger partial charge in [-0.25, -0.2) is 0 Å². The van der Waals surface area contributed by atoms with Crippen molar-refractivity contribution in [2.24, 2.45) is 0 Å². The van der Waals surface area contributed by atoms with Crippen molar-refractivity contribution in [3.63, 3.8) is 0 Å². The summed E-state index contributed by atoms with van der Waals surface area (Å²) in [5.41, 5.74) is 0. The molecule has 0 radical (unpaired) electrons. The molecule has 394 valence electrons. The van der Waals surface area contributed by atoms with E-state index < -0.39 is 6.10 Å². The molecule has 0 aliphatic heterocycles. The van der Waals surface area contributed by atoms with Crippen molar-refractivity contribution in [2.45, 2.75) is 239 Å². The van der Waals surface area contributed by atoms with Crippen LogP contribution in [0, 0.1) is 0 Å². The predicted octanol–water partition coefficient (Wildman–Crippen LogP) is 19.0. The molecule has 0 aliphatic carbocycles. The summed E-state index contributed by atoms with van der Waals surface area (Å²) in [6.07, 6.45) is 80.1. The summed E-state index contributed by atoms with van der Waals surface area (Å²) >= 11 is 0. The van der Waals surface area contributed by atoms with E-state index in [4.69, 9.17) is 14.2 Å². The van der Waals surface area contributed by atoms with Gasteiger partial charge in [0.05, 0.1) is 0 Å². The molecule has 6 heteroatoms. The van der Waals surface area contributed by atoms with Gasteiger partial charge in [-0.05, 0) is 128 Å². The minimum absolute atomic E-state index is 0.106.